The van der Waals surface area contributed by atoms with Gasteiger partial charge in [0, 0.05) is 6.54 Å². The molecule has 0 aromatic heterocycles. The summed E-state index contributed by atoms with van der Waals surface area (Å²) < 4.78 is 13.6. The number of nitrogens with zero attached hydrogens (tertiary/aromatic N) is 1. The number of carbonyl (C=O) groups is 1. The van der Waals surface area contributed by atoms with Gasteiger partial charge in [-0.1, -0.05) is 17.9 Å². The Hall–Kier alpha value is -1.90. The summed E-state index contributed by atoms with van der Waals surface area (Å²) in [6.45, 7) is 1.60. The maximum atomic E-state index is 13.6. The van der Waals surface area contributed by atoms with Crippen molar-refractivity contribution in [3.05, 3.63) is 35.1 Å². The largest absolute Gasteiger partial charge is 0.368 e. The Kier molecular flexibility index (Phi) is 4.72. The second-order valence-corrected chi connectivity index (χ2v) is 4.85. The van der Waals surface area contributed by atoms with Crippen LogP contribution in [0.4, 0.5) is 4.39 Å². The third-order valence-corrected chi connectivity index (χ3v) is 3.43. The Morgan fingerprint density at radius 1 is 1.50 bits per heavy atom. The summed E-state index contributed by atoms with van der Waals surface area (Å²) >= 11 is 0. The predicted octanol–water partition coefficient (Wildman–Crippen LogP) is 0.586. The molecule has 1 saturated heterocycles. The summed E-state index contributed by atoms with van der Waals surface area (Å²) in [5.74, 6) is 4.70. The molecule has 4 nitrogen and oxygen atoms in total. The molecular formula is C15H18FN3O. The SMILES string of the molecule is NCC#Cc1cc(CN2CCCC2C(N)=O)ccc1F. The van der Waals surface area contributed by atoms with E-state index in [-0.39, 0.29) is 24.3 Å². The maximum absolute atomic E-state index is 13.6. The highest BCUT2D eigenvalue weighted by molar-refractivity contribution is 5.80. The summed E-state index contributed by atoms with van der Waals surface area (Å²) in [6.07, 6.45) is 1.74. The molecule has 0 saturated carbocycles. The Labute approximate surface area is 117 Å². The number of benzene rings is 1. The van der Waals surface area contributed by atoms with Gasteiger partial charge in [-0.2, -0.15) is 0 Å². The van der Waals surface area contributed by atoms with Gasteiger partial charge in [0.25, 0.3) is 0 Å². The van der Waals surface area contributed by atoms with Gasteiger partial charge in [0.1, 0.15) is 5.82 Å². The van der Waals surface area contributed by atoms with Crippen LogP contribution in [0.1, 0.15) is 24.0 Å². The first kappa shape index (κ1) is 14.5. The summed E-state index contributed by atoms with van der Waals surface area (Å²) in [4.78, 5) is 13.4. The van der Waals surface area contributed by atoms with E-state index >= 15 is 0 Å². The molecule has 1 unspecified atom stereocenters. The van der Waals surface area contributed by atoms with E-state index < -0.39 is 0 Å². The van der Waals surface area contributed by atoms with Gasteiger partial charge in [0.2, 0.25) is 5.91 Å². The van der Waals surface area contributed by atoms with E-state index in [1.807, 2.05) is 4.90 Å². The van der Waals surface area contributed by atoms with Crippen molar-refractivity contribution < 1.29 is 9.18 Å². The lowest BCUT2D eigenvalue weighted by Crippen LogP contribution is -2.39. The van der Waals surface area contributed by atoms with Crippen LogP contribution in [0, 0.1) is 17.7 Å². The van der Waals surface area contributed by atoms with Crippen LogP contribution in [0.25, 0.3) is 0 Å². The number of nitrogens with two attached hydrogens (primary N) is 2. The third-order valence-electron chi connectivity index (χ3n) is 3.43. The first-order valence-corrected chi connectivity index (χ1v) is 6.62. The van der Waals surface area contributed by atoms with Crippen molar-refractivity contribution >= 4 is 5.91 Å². The minimum absolute atomic E-state index is 0.194. The molecule has 1 aromatic rings. The van der Waals surface area contributed by atoms with Crippen molar-refractivity contribution in [2.75, 3.05) is 13.1 Å². The molecule has 1 atom stereocenters. The fraction of sp³-hybridized carbons (Fsp3) is 0.400. The summed E-state index contributed by atoms with van der Waals surface area (Å²) in [5.41, 5.74) is 11.9. The number of primary amides is 1. The van der Waals surface area contributed by atoms with E-state index in [1.165, 1.54) is 6.07 Å². The molecule has 1 fully saturated rings. The third kappa shape index (κ3) is 3.35. The van der Waals surface area contributed by atoms with Gasteiger partial charge in [-0.25, -0.2) is 4.39 Å². The van der Waals surface area contributed by atoms with Crippen LogP contribution in [0.2, 0.25) is 0 Å². The predicted molar refractivity (Wildman–Crippen MR) is 75.0 cm³/mol. The average molecular weight is 275 g/mol. The zero-order chi connectivity index (χ0) is 14.5. The molecule has 0 bridgehead atoms. The van der Waals surface area contributed by atoms with Crippen molar-refractivity contribution in [1.29, 1.82) is 0 Å². The molecule has 2 rings (SSSR count). The van der Waals surface area contributed by atoms with Crippen molar-refractivity contribution in [2.24, 2.45) is 11.5 Å². The van der Waals surface area contributed by atoms with Gasteiger partial charge in [-0.3, -0.25) is 9.69 Å². The Balaban J connectivity index is 2.15. The van der Waals surface area contributed by atoms with Crippen LogP contribution >= 0.6 is 0 Å². The van der Waals surface area contributed by atoms with Crippen LogP contribution in [0.3, 0.4) is 0 Å². The normalized spacial score (nSPS) is 18.6. The zero-order valence-corrected chi connectivity index (χ0v) is 11.2. The number of carbonyl (C=O) groups excluding carboxylic acids is 1. The quantitative estimate of drug-likeness (QED) is 0.793. The average Bonchev–Trinajstić information content (AvgIpc) is 2.87. The molecular weight excluding hydrogens is 257 g/mol. The molecule has 20 heavy (non-hydrogen) atoms. The standard InChI is InChI=1S/C15H18FN3O/c16-13-6-5-11(9-12(13)3-1-7-17)10-19-8-2-4-14(19)15(18)20/h5-6,9,14H,2,4,7-8,10,17H2,(H2,18,20). The molecule has 0 spiro atoms. The fourth-order valence-corrected chi connectivity index (χ4v) is 2.48. The van der Waals surface area contributed by atoms with Gasteiger partial charge in [0.15, 0.2) is 0 Å². The highest BCUT2D eigenvalue weighted by Gasteiger charge is 2.28. The van der Waals surface area contributed by atoms with Crippen LogP contribution < -0.4 is 11.5 Å². The molecule has 1 aromatic carbocycles. The highest BCUT2D eigenvalue weighted by Crippen LogP contribution is 2.20. The number of hydrogen-bond acceptors (Lipinski definition) is 3. The van der Waals surface area contributed by atoms with Gasteiger partial charge in [-0.05, 0) is 37.1 Å². The van der Waals surface area contributed by atoms with Crippen LogP contribution in [-0.2, 0) is 11.3 Å². The molecule has 106 valence electrons. The Bertz CT molecular complexity index is 562. The van der Waals surface area contributed by atoms with E-state index in [0.717, 1.165) is 24.9 Å². The monoisotopic (exact) mass is 275 g/mol. The topological polar surface area (TPSA) is 72.3 Å². The molecule has 1 heterocycles. The highest BCUT2D eigenvalue weighted by atomic mass is 19.1. The van der Waals surface area contributed by atoms with Crippen molar-refractivity contribution in [3.8, 4) is 11.8 Å². The fourth-order valence-electron chi connectivity index (χ4n) is 2.48. The summed E-state index contributed by atoms with van der Waals surface area (Å²) in [7, 11) is 0. The number of rotatable bonds is 3. The molecule has 1 aliphatic heterocycles. The second-order valence-electron chi connectivity index (χ2n) is 4.85. The molecule has 0 radical (unpaired) electrons. The minimum Gasteiger partial charge on any atom is -0.368 e. The molecule has 0 aliphatic carbocycles. The van der Waals surface area contributed by atoms with E-state index in [1.54, 1.807) is 12.1 Å². The van der Waals surface area contributed by atoms with Crippen LogP contribution in [0.5, 0.6) is 0 Å². The van der Waals surface area contributed by atoms with Crippen LogP contribution in [0.15, 0.2) is 18.2 Å². The lowest BCUT2D eigenvalue weighted by atomic mass is 10.1. The maximum Gasteiger partial charge on any atom is 0.234 e. The summed E-state index contributed by atoms with van der Waals surface area (Å²) in [5, 5.41) is 0. The number of amides is 1. The molecule has 1 amide bonds. The zero-order valence-electron chi connectivity index (χ0n) is 11.2. The van der Waals surface area contributed by atoms with Crippen molar-refractivity contribution in [1.82, 2.24) is 4.90 Å². The first-order chi connectivity index (χ1) is 9.61. The van der Waals surface area contributed by atoms with E-state index in [0.29, 0.717) is 12.1 Å². The number of hydrogen-bond donors (Lipinski definition) is 2. The number of likely N-dealkylation sites (tertiary alicyclic amines) is 1. The van der Waals surface area contributed by atoms with Gasteiger partial charge in [-0.15, -0.1) is 0 Å². The van der Waals surface area contributed by atoms with E-state index in [9.17, 15) is 9.18 Å². The van der Waals surface area contributed by atoms with Gasteiger partial charge >= 0.3 is 0 Å². The van der Waals surface area contributed by atoms with Gasteiger partial charge in [0.05, 0.1) is 18.2 Å². The Morgan fingerprint density at radius 2 is 2.30 bits per heavy atom. The van der Waals surface area contributed by atoms with Crippen LogP contribution in [-0.4, -0.2) is 29.9 Å². The smallest absolute Gasteiger partial charge is 0.234 e. The van der Waals surface area contributed by atoms with Gasteiger partial charge < -0.3 is 11.5 Å². The van der Waals surface area contributed by atoms with E-state index in [4.69, 9.17) is 11.5 Å². The first-order valence-electron chi connectivity index (χ1n) is 6.62. The lowest BCUT2D eigenvalue weighted by Gasteiger charge is -2.21. The summed E-state index contributed by atoms with van der Waals surface area (Å²) in [6, 6.07) is 4.58. The Morgan fingerprint density at radius 3 is 3.00 bits per heavy atom. The second kappa shape index (κ2) is 6.51. The van der Waals surface area contributed by atoms with Crippen molar-refractivity contribution in [3.63, 3.8) is 0 Å². The minimum atomic E-state index is -0.359. The molecule has 4 N–H and O–H groups in total. The number of halogens is 1. The van der Waals surface area contributed by atoms with E-state index in [2.05, 4.69) is 11.8 Å². The molecule has 5 heteroatoms. The molecule has 1 aliphatic rings. The van der Waals surface area contributed by atoms with Crippen molar-refractivity contribution in [2.45, 2.75) is 25.4 Å². The lowest BCUT2D eigenvalue weighted by molar-refractivity contribution is -0.122.